The van der Waals surface area contributed by atoms with Crippen LogP contribution < -0.4 is 10.9 Å². The van der Waals surface area contributed by atoms with Crippen molar-refractivity contribution in [2.45, 2.75) is 39.2 Å². The Morgan fingerprint density at radius 2 is 2.08 bits per heavy atom. The third-order valence-electron chi connectivity index (χ3n) is 3.95. The molecule has 2 heterocycles. The molecular weight excluding hydrogens is 370 g/mol. The van der Waals surface area contributed by atoms with E-state index in [1.165, 1.54) is 11.3 Å². The lowest BCUT2D eigenvalue weighted by molar-refractivity contribution is -0.116. The first kappa shape index (κ1) is 18.4. The second-order valence-corrected chi connectivity index (χ2v) is 7.49. The molecular formula is C17H19N5O2S2. The zero-order valence-electron chi connectivity index (χ0n) is 14.3. The van der Waals surface area contributed by atoms with Crippen molar-refractivity contribution in [3.63, 3.8) is 0 Å². The molecule has 26 heavy (non-hydrogen) atoms. The van der Waals surface area contributed by atoms with E-state index < -0.39 is 0 Å². The molecule has 136 valence electrons. The number of para-hydroxylation sites is 1. The van der Waals surface area contributed by atoms with E-state index in [9.17, 15) is 9.59 Å². The fourth-order valence-electron chi connectivity index (χ4n) is 2.66. The third-order valence-corrected chi connectivity index (χ3v) is 5.02. The van der Waals surface area contributed by atoms with Gasteiger partial charge in [-0.15, -0.1) is 10.2 Å². The van der Waals surface area contributed by atoms with Crippen molar-refractivity contribution >= 4 is 45.5 Å². The lowest BCUT2D eigenvalue weighted by atomic mass is 10.2. The molecule has 1 aromatic carbocycles. The fourth-order valence-corrected chi connectivity index (χ4v) is 3.56. The van der Waals surface area contributed by atoms with Gasteiger partial charge in [-0.25, -0.2) is 0 Å². The maximum absolute atomic E-state index is 12.5. The number of unbranched alkanes of at least 4 members (excludes halogenated alkanes) is 2. The molecule has 2 aromatic heterocycles. The van der Waals surface area contributed by atoms with Crippen molar-refractivity contribution in [1.29, 1.82) is 0 Å². The van der Waals surface area contributed by atoms with Crippen LogP contribution in [0.4, 0.5) is 5.13 Å². The van der Waals surface area contributed by atoms with Gasteiger partial charge in [0.25, 0.3) is 5.56 Å². The molecule has 9 heteroatoms. The third kappa shape index (κ3) is 4.41. The van der Waals surface area contributed by atoms with Crippen molar-refractivity contribution < 1.29 is 4.79 Å². The lowest BCUT2D eigenvalue weighted by Crippen LogP contribution is -2.22. The Balaban J connectivity index is 1.49. The Labute approximate surface area is 159 Å². The number of nitrogens with one attached hydrogen (secondary N) is 2. The van der Waals surface area contributed by atoms with Gasteiger partial charge in [0.2, 0.25) is 11.0 Å². The maximum atomic E-state index is 12.5. The number of hydrogen-bond donors (Lipinski definition) is 2. The van der Waals surface area contributed by atoms with Crippen LogP contribution in [-0.2, 0) is 11.3 Å². The van der Waals surface area contributed by atoms with E-state index in [4.69, 9.17) is 12.2 Å². The maximum Gasteiger partial charge on any atom is 0.262 e. The van der Waals surface area contributed by atoms with E-state index in [2.05, 4.69) is 20.5 Å². The molecule has 0 unspecified atom stereocenters. The summed E-state index contributed by atoms with van der Waals surface area (Å²) in [5.74, 6) is -0.0682. The van der Waals surface area contributed by atoms with E-state index in [1.807, 2.05) is 25.1 Å². The van der Waals surface area contributed by atoms with Crippen LogP contribution in [0.5, 0.6) is 0 Å². The van der Waals surface area contributed by atoms with Gasteiger partial charge in [0.15, 0.2) is 4.77 Å². The molecule has 0 saturated heterocycles. The second-order valence-electron chi connectivity index (χ2n) is 5.92. The van der Waals surface area contributed by atoms with Gasteiger partial charge < -0.3 is 10.3 Å². The van der Waals surface area contributed by atoms with Gasteiger partial charge in [-0.1, -0.05) is 29.9 Å². The summed E-state index contributed by atoms with van der Waals surface area (Å²) < 4.78 is 2.01. The molecule has 3 rings (SSSR count). The molecule has 2 N–H and O–H groups in total. The van der Waals surface area contributed by atoms with Crippen LogP contribution in [0.1, 0.15) is 30.7 Å². The summed E-state index contributed by atoms with van der Waals surface area (Å²) in [6.45, 7) is 2.38. The predicted octanol–water partition coefficient (Wildman–Crippen LogP) is 3.42. The quantitative estimate of drug-likeness (QED) is 0.477. The highest BCUT2D eigenvalue weighted by Crippen LogP contribution is 2.14. The van der Waals surface area contributed by atoms with Crippen LogP contribution in [-0.4, -0.2) is 25.7 Å². The van der Waals surface area contributed by atoms with Crippen LogP contribution in [0, 0.1) is 11.7 Å². The van der Waals surface area contributed by atoms with Crippen LogP contribution in [0.25, 0.3) is 10.9 Å². The van der Waals surface area contributed by atoms with Crippen molar-refractivity contribution in [3.05, 3.63) is 44.4 Å². The number of amides is 1. The predicted molar refractivity (Wildman–Crippen MR) is 105 cm³/mol. The summed E-state index contributed by atoms with van der Waals surface area (Å²) in [7, 11) is 0. The molecule has 0 aliphatic heterocycles. The van der Waals surface area contributed by atoms with Gasteiger partial charge in [-0.3, -0.25) is 14.2 Å². The summed E-state index contributed by atoms with van der Waals surface area (Å²) >= 11 is 6.65. The number of carbonyl (C=O) groups excluding carboxylic acids is 1. The Hall–Kier alpha value is -2.39. The minimum absolute atomic E-state index is 0.0682. The minimum atomic E-state index is -0.0752. The highest BCUT2D eigenvalue weighted by Gasteiger charge is 2.07. The number of aromatic nitrogens is 4. The van der Waals surface area contributed by atoms with Crippen molar-refractivity contribution in [3.8, 4) is 0 Å². The summed E-state index contributed by atoms with van der Waals surface area (Å²) in [4.78, 5) is 27.5. The summed E-state index contributed by atoms with van der Waals surface area (Å²) in [6.07, 6.45) is 2.76. The topological polar surface area (TPSA) is 92.7 Å². The van der Waals surface area contributed by atoms with Gasteiger partial charge in [0, 0.05) is 13.0 Å². The summed E-state index contributed by atoms with van der Waals surface area (Å²) in [6, 6.07) is 7.34. The standard InChI is InChI=1S/C17H19N5O2S2/c1-11-20-21-16(26-11)19-14(23)9-3-2-6-10-22-15(24)12-7-4-5-8-13(12)18-17(22)25/h4-5,7-8H,2-3,6,9-10H2,1H3,(H,18,25)(H,19,21,23). The van der Waals surface area contributed by atoms with Gasteiger partial charge in [-0.2, -0.15) is 0 Å². The van der Waals surface area contributed by atoms with Gasteiger partial charge in [0.1, 0.15) is 5.01 Å². The number of aryl methyl sites for hydroxylation is 1. The number of fused-ring (bicyclic) bond motifs is 1. The molecule has 0 fully saturated rings. The van der Waals surface area contributed by atoms with Crippen LogP contribution in [0.3, 0.4) is 0 Å². The smallest absolute Gasteiger partial charge is 0.262 e. The van der Waals surface area contributed by atoms with E-state index in [1.54, 1.807) is 10.6 Å². The second kappa shape index (κ2) is 8.33. The molecule has 1 amide bonds. The van der Waals surface area contributed by atoms with Crippen LogP contribution in [0.2, 0.25) is 0 Å². The summed E-state index contributed by atoms with van der Waals surface area (Å²) in [5.41, 5.74) is 0.677. The fraction of sp³-hybridized carbons (Fsp3) is 0.353. The van der Waals surface area contributed by atoms with E-state index in [0.717, 1.165) is 29.8 Å². The highest BCUT2D eigenvalue weighted by atomic mass is 32.1. The molecule has 0 saturated carbocycles. The van der Waals surface area contributed by atoms with Gasteiger partial charge in [-0.05, 0) is 44.1 Å². The molecule has 0 bridgehead atoms. The van der Waals surface area contributed by atoms with E-state index in [0.29, 0.717) is 28.3 Å². The number of carbonyl (C=O) groups is 1. The number of nitrogens with zero attached hydrogens (tertiary/aromatic N) is 3. The van der Waals surface area contributed by atoms with Crippen molar-refractivity contribution in [1.82, 2.24) is 19.7 Å². The molecule has 3 aromatic rings. The Morgan fingerprint density at radius 3 is 2.85 bits per heavy atom. The SMILES string of the molecule is Cc1nnc(NC(=O)CCCCCn2c(=S)[nH]c3ccccc3c2=O)s1. The molecule has 0 aliphatic carbocycles. The molecule has 0 radical (unpaired) electrons. The van der Waals surface area contributed by atoms with Crippen molar-refractivity contribution in [2.75, 3.05) is 5.32 Å². The normalized spacial score (nSPS) is 11.0. The first-order valence-corrected chi connectivity index (χ1v) is 9.59. The van der Waals surface area contributed by atoms with Crippen LogP contribution in [0.15, 0.2) is 29.1 Å². The number of aromatic amines is 1. The monoisotopic (exact) mass is 389 g/mol. The zero-order chi connectivity index (χ0) is 18.5. The Morgan fingerprint density at radius 1 is 1.27 bits per heavy atom. The van der Waals surface area contributed by atoms with Crippen molar-refractivity contribution in [2.24, 2.45) is 0 Å². The Bertz CT molecular complexity index is 1040. The molecule has 0 aliphatic rings. The van der Waals surface area contributed by atoms with E-state index in [-0.39, 0.29) is 11.5 Å². The molecule has 0 atom stereocenters. The number of rotatable bonds is 7. The molecule has 7 nitrogen and oxygen atoms in total. The average molecular weight is 390 g/mol. The first-order chi connectivity index (χ1) is 12.5. The average Bonchev–Trinajstić information content (AvgIpc) is 3.02. The minimum Gasteiger partial charge on any atom is -0.332 e. The summed E-state index contributed by atoms with van der Waals surface area (Å²) in [5, 5.41) is 12.4. The number of anilines is 1. The number of hydrogen-bond acceptors (Lipinski definition) is 6. The molecule has 0 spiro atoms. The number of benzene rings is 1. The first-order valence-electron chi connectivity index (χ1n) is 8.36. The largest absolute Gasteiger partial charge is 0.332 e. The highest BCUT2D eigenvalue weighted by molar-refractivity contribution is 7.71. The number of H-pyrrole nitrogens is 1. The zero-order valence-corrected chi connectivity index (χ0v) is 16.0. The van der Waals surface area contributed by atoms with Gasteiger partial charge in [0.05, 0.1) is 10.9 Å². The van der Waals surface area contributed by atoms with Crippen LogP contribution >= 0.6 is 23.6 Å². The van der Waals surface area contributed by atoms with Gasteiger partial charge >= 0.3 is 0 Å². The Kier molecular flexibility index (Phi) is 5.89. The lowest BCUT2D eigenvalue weighted by Gasteiger charge is -2.08. The van der Waals surface area contributed by atoms with E-state index >= 15 is 0 Å².